The van der Waals surface area contributed by atoms with Crippen LogP contribution in [0.5, 0.6) is 0 Å². The first-order valence-electron chi connectivity index (χ1n) is 11.9. The van der Waals surface area contributed by atoms with Crippen LogP contribution in [0.2, 0.25) is 0 Å². The molecule has 3 amide bonds. The van der Waals surface area contributed by atoms with E-state index < -0.39 is 41.9 Å². The molecule has 2 N–H and O–H groups in total. The highest BCUT2D eigenvalue weighted by atomic mass is 19.1. The van der Waals surface area contributed by atoms with Gasteiger partial charge >= 0.3 is 0 Å². The van der Waals surface area contributed by atoms with Crippen LogP contribution in [0.4, 0.5) is 14.5 Å². The molecule has 0 spiro atoms. The minimum absolute atomic E-state index is 0.0187. The molecule has 0 saturated heterocycles. The van der Waals surface area contributed by atoms with Gasteiger partial charge < -0.3 is 15.1 Å². The summed E-state index contributed by atoms with van der Waals surface area (Å²) < 4.78 is 33.0. The zero-order valence-electron chi connectivity index (χ0n) is 19.6. The maximum atomic E-state index is 14.2. The lowest BCUT2D eigenvalue weighted by atomic mass is 9.94. The number of halogens is 2. The second-order valence-corrected chi connectivity index (χ2v) is 8.70. The van der Waals surface area contributed by atoms with Gasteiger partial charge in [-0.2, -0.15) is 0 Å². The molecule has 0 radical (unpaired) electrons. The molecular weight excluding hydrogens is 468 g/mol. The molecule has 1 aromatic heterocycles. The van der Waals surface area contributed by atoms with Gasteiger partial charge in [0.2, 0.25) is 11.8 Å². The Morgan fingerprint density at radius 3 is 2.36 bits per heavy atom. The highest BCUT2D eigenvalue weighted by molar-refractivity contribution is 6.04. The number of rotatable bonds is 8. The predicted octanol–water partition coefficient (Wildman–Crippen LogP) is 4.51. The minimum atomic E-state index is -1.22. The number of nitrogens with zero attached hydrogens (tertiary/aromatic N) is 1. The lowest BCUT2D eigenvalue weighted by molar-refractivity contribution is -0.127. The molecule has 9 heteroatoms. The SMILES string of the molecule is O=C(NCC(=O)N(c1cccc(F)c1)C(C(=O)NC1CCCCC1)c1ccc(F)cc1)c1ccco1. The van der Waals surface area contributed by atoms with E-state index in [1.807, 2.05) is 0 Å². The summed E-state index contributed by atoms with van der Waals surface area (Å²) in [5, 5.41) is 5.49. The fraction of sp³-hybridized carbons (Fsp3) is 0.296. The first-order chi connectivity index (χ1) is 17.4. The fourth-order valence-electron chi connectivity index (χ4n) is 4.39. The summed E-state index contributed by atoms with van der Waals surface area (Å²) in [5.41, 5.74) is 0.472. The monoisotopic (exact) mass is 495 g/mol. The Kier molecular flexibility index (Phi) is 8.10. The average molecular weight is 496 g/mol. The van der Waals surface area contributed by atoms with Crippen LogP contribution < -0.4 is 15.5 Å². The molecule has 36 heavy (non-hydrogen) atoms. The Balaban J connectivity index is 1.68. The molecule has 1 atom stereocenters. The number of benzene rings is 2. The molecule has 2 aromatic carbocycles. The average Bonchev–Trinajstić information content (AvgIpc) is 3.42. The van der Waals surface area contributed by atoms with Crippen LogP contribution in [0.25, 0.3) is 0 Å². The summed E-state index contributed by atoms with van der Waals surface area (Å²) in [6, 6.07) is 12.2. The minimum Gasteiger partial charge on any atom is -0.459 e. The van der Waals surface area contributed by atoms with E-state index in [0.29, 0.717) is 5.56 Å². The van der Waals surface area contributed by atoms with Crippen molar-refractivity contribution in [3.05, 3.63) is 89.9 Å². The van der Waals surface area contributed by atoms with Crippen LogP contribution in [0, 0.1) is 11.6 Å². The zero-order valence-corrected chi connectivity index (χ0v) is 19.6. The number of nitrogens with one attached hydrogen (secondary N) is 2. The van der Waals surface area contributed by atoms with Crippen LogP contribution in [0.15, 0.2) is 71.3 Å². The van der Waals surface area contributed by atoms with Crippen molar-refractivity contribution in [1.29, 1.82) is 0 Å². The Bertz CT molecular complexity index is 1190. The highest BCUT2D eigenvalue weighted by Gasteiger charge is 2.34. The molecular formula is C27H27F2N3O4. The molecule has 4 rings (SSSR count). The topological polar surface area (TPSA) is 91.7 Å². The Labute approximate surface area is 207 Å². The van der Waals surface area contributed by atoms with Crippen molar-refractivity contribution in [3.63, 3.8) is 0 Å². The second-order valence-electron chi connectivity index (χ2n) is 8.70. The van der Waals surface area contributed by atoms with Crippen LogP contribution in [-0.2, 0) is 9.59 Å². The van der Waals surface area contributed by atoms with Crippen molar-refractivity contribution in [2.45, 2.75) is 44.2 Å². The molecule has 1 heterocycles. The Morgan fingerprint density at radius 1 is 0.944 bits per heavy atom. The molecule has 0 bridgehead atoms. The van der Waals surface area contributed by atoms with Gasteiger partial charge in [0.25, 0.3) is 5.91 Å². The Morgan fingerprint density at radius 2 is 1.69 bits per heavy atom. The van der Waals surface area contributed by atoms with Gasteiger partial charge in [-0.05, 0) is 60.9 Å². The van der Waals surface area contributed by atoms with Gasteiger partial charge in [-0.3, -0.25) is 19.3 Å². The molecule has 7 nitrogen and oxygen atoms in total. The molecule has 1 aliphatic carbocycles. The maximum absolute atomic E-state index is 14.2. The molecule has 1 unspecified atom stereocenters. The summed E-state index contributed by atoms with van der Waals surface area (Å²) in [4.78, 5) is 40.6. The van der Waals surface area contributed by atoms with E-state index in [2.05, 4.69) is 10.6 Å². The smallest absolute Gasteiger partial charge is 0.287 e. The number of anilines is 1. The van der Waals surface area contributed by atoms with Gasteiger partial charge in [0.1, 0.15) is 17.7 Å². The van der Waals surface area contributed by atoms with E-state index in [-0.39, 0.29) is 17.5 Å². The standard InChI is InChI=1S/C27H27F2N3O4/c28-19-13-11-18(12-14-19)25(27(35)31-21-7-2-1-3-8-21)32(22-9-4-6-20(29)16-22)24(33)17-30-26(34)23-10-5-15-36-23/h4-6,9-16,21,25H,1-3,7-8,17H2,(H,30,34)(H,31,35). The Hall–Kier alpha value is -4.01. The normalized spacial score (nSPS) is 14.6. The number of carbonyl (C=O) groups excluding carboxylic acids is 3. The third-order valence-corrected chi connectivity index (χ3v) is 6.14. The second kappa shape index (κ2) is 11.6. The molecule has 1 aliphatic rings. The van der Waals surface area contributed by atoms with Crippen LogP contribution >= 0.6 is 0 Å². The van der Waals surface area contributed by atoms with E-state index in [9.17, 15) is 23.2 Å². The van der Waals surface area contributed by atoms with E-state index in [0.717, 1.165) is 43.1 Å². The van der Waals surface area contributed by atoms with E-state index >= 15 is 0 Å². The first-order valence-corrected chi connectivity index (χ1v) is 11.9. The van der Waals surface area contributed by atoms with Gasteiger partial charge in [-0.25, -0.2) is 8.78 Å². The van der Waals surface area contributed by atoms with Crippen molar-refractivity contribution in [2.75, 3.05) is 11.4 Å². The number of furan rings is 1. The maximum Gasteiger partial charge on any atom is 0.287 e. The number of carbonyl (C=O) groups is 3. The van der Waals surface area contributed by atoms with Gasteiger partial charge in [-0.15, -0.1) is 0 Å². The lowest BCUT2D eigenvalue weighted by Gasteiger charge is -2.33. The summed E-state index contributed by atoms with van der Waals surface area (Å²) in [5.74, 6) is -2.82. The molecule has 1 saturated carbocycles. The molecule has 0 aliphatic heterocycles. The van der Waals surface area contributed by atoms with Crippen LogP contribution in [0.1, 0.15) is 54.3 Å². The molecule has 1 fully saturated rings. The summed E-state index contributed by atoms with van der Waals surface area (Å²) in [6.45, 7) is -0.482. The zero-order chi connectivity index (χ0) is 25.5. The number of hydrogen-bond donors (Lipinski definition) is 2. The fourth-order valence-corrected chi connectivity index (χ4v) is 4.39. The lowest BCUT2D eigenvalue weighted by Crippen LogP contribution is -2.49. The van der Waals surface area contributed by atoms with Gasteiger partial charge in [0, 0.05) is 11.7 Å². The quantitative estimate of drug-likeness (QED) is 0.481. The third kappa shape index (κ3) is 6.16. The predicted molar refractivity (Wildman–Crippen MR) is 129 cm³/mol. The van der Waals surface area contributed by atoms with Crippen molar-refractivity contribution >= 4 is 23.4 Å². The molecule has 3 aromatic rings. The van der Waals surface area contributed by atoms with Gasteiger partial charge in [0.05, 0.1) is 12.8 Å². The van der Waals surface area contributed by atoms with Crippen molar-refractivity contribution in [2.24, 2.45) is 0 Å². The molecule has 188 valence electrons. The van der Waals surface area contributed by atoms with Crippen LogP contribution in [-0.4, -0.2) is 30.3 Å². The van der Waals surface area contributed by atoms with E-state index in [4.69, 9.17) is 4.42 Å². The van der Waals surface area contributed by atoms with Gasteiger partial charge in [0.15, 0.2) is 5.76 Å². The summed E-state index contributed by atoms with van der Waals surface area (Å²) >= 11 is 0. The summed E-state index contributed by atoms with van der Waals surface area (Å²) in [6.07, 6.45) is 6.02. The number of amides is 3. The summed E-state index contributed by atoms with van der Waals surface area (Å²) in [7, 11) is 0. The van der Waals surface area contributed by atoms with E-state index in [1.165, 1.54) is 60.9 Å². The first kappa shape index (κ1) is 25.1. The largest absolute Gasteiger partial charge is 0.459 e. The third-order valence-electron chi connectivity index (χ3n) is 6.14. The van der Waals surface area contributed by atoms with Crippen molar-refractivity contribution in [3.8, 4) is 0 Å². The van der Waals surface area contributed by atoms with Gasteiger partial charge in [-0.1, -0.05) is 37.5 Å². The van der Waals surface area contributed by atoms with Crippen LogP contribution in [0.3, 0.4) is 0 Å². The highest BCUT2D eigenvalue weighted by Crippen LogP contribution is 2.30. The van der Waals surface area contributed by atoms with Crippen molar-refractivity contribution in [1.82, 2.24) is 10.6 Å². The van der Waals surface area contributed by atoms with Crippen molar-refractivity contribution < 1.29 is 27.6 Å². The number of hydrogen-bond acceptors (Lipinski definition) is 4. The van der Waals surface area contributed by atoms with E-state index in [1.54, 1.807) is 0 Å².